The van der Waals surface area contributed by atoms with Crippen LogP contribution in [0.1, 0.15) is 17.3 Å². The molecular formula is C12H16N4O2. The van der Waals surface area contributed by atoms with Gasteiger partial charge in [-0.2, -0.15) is 0 Å². The van der Waals surface area contributed by atoms with Crippen LogP contribution in [0.2, 0.25) is 0 Å². The molecule has 1 aromatic heterocycles. The zero-order valence-electron chi connectivity index (χ0n) is 10.3. The second kappa shape index (κ2) is 5.03. The van der Waals surface area contributed by atoms with Crippen LogP contribution in [0.4, 0.5) is 5.82 Å². The molecule has 2 N–H and O–H groups in total. The summed E-state index contributed by atoms with van der Waals surface area (Å²) in [6.07, 6.45) is 1.56. The number of carbonyl (C=O) groups is 2. The number of nitrogen functional groups attached to an aromatic ring is 1. The average Bonchev–Trinajstić information content (AvgIpc) is 2.38. The van der Waals surface area contributed by atoms with Crippen LogP contribution >= 0.6 is 0 Å². The highest BCUT2D eigenvalue weighted by Gasteiger charge is 2.24. The van der Waals surface area contributed by atoms with Gasteiger partial charge in [0.05, 0.1) is 5.56 Å². The fourth-order valence-electron chi connectivity index (χ4n) is 1.99. The number of carbonyl (C=O) groups excluding carboxylic acids is 2. The Kier molecular flexibility index (Phi) is 3.45. The van der Waals surface area contributed by atoms with Gasteiger partial charge in [-0.1, -0.05) is 0 Å². The molecule has 2 rings (SSSR count). The van der Waals surface area contributed by atoms with Crippen molar-refractivity contribution >= 4 is 17.6 Å². The van der Waals surface area contributed by atoms with Gasteiger partial charge >= 0.3 is 0 Å². The van der Waals surface area contributed by atoms with Gasteiger partial charge in [-0.25, -0.2) is 4.98 Å². The number of anilines is 1. The van der Waals surface area contributed by atoms with Crippen molar-refractivity contribution in [3.8, 4) is 0 Å². The lowest BCUT2D eigenvalue weighted by atomic mass is 10.2. The van der Waals surface area contributed by atoms with Crippen LogP contribution in [0.5, 0.6) is 0 Å². The molecule has 1 fully saturated rings. The average molecular weight is 248 g/mol. The number of pyridine rings is 1. The van der Waals surface area contributed by atoms with E-state index >= 15 is 0 Å². The zero-order valence-corrected chi connectivity index (χ0v) is 10.3. The molecule has 0 bridgehead atoms. The Labute approximate surface area is 105 Å². The van der Waals surface area contributed by atoms with E-state index in [4.69, 9.17) is 5.73 Å². The van der Waals surface area contributed by atoms with Crippen LogP contribution in [0.25, 0.3) is 0 Å². The fourth-order valence-corrected chi connectivity index (χ4v) is 1.99. The molecule has 0 unspecified atom stereocenters. The number of nitrogens with two attached hydrogens (primary N) is 1. The normalized spacial score (nSPS) is 15.6. The first-order valence-electron chi connectivity index (χ1n) is 5.85. The molecule has 0 spiro atoms. The van der Waals surface area contributed by atoms with E-state index in [0.29, 0.717) is 31.7 Å². The molecule has 0 aromatic carbocycles. The Hall–Kier alpha value is -2.11. The molecular weight excluding hydrogens is 232 g/mol. The molecule has 96 valence electrons. The third-order valence-electron chi connectivity index (χ3n) is 3.08. The summed E-state index contributed by atoms with van der Waals surface area (Å²) in [5.41, 5.74) is 6.11. The number of hydrogen-bond donors (Lipinski definition) is 1. The molecule has 0 aliphatic carbocycles. The van der Waals surface area contributed by atoms with E-state index in [1.807, 2.05) is 0 Å². The molecule has 6 nitrogen and oxygen atoms in total. The van der Waals surface area contributed by atoms with Gasteiger partial charge in [0.2, 0.25) is 5.91 Å². The summed E-state index contributed by atoms with van der Waals surface area (Å²) in [4.78, 5) is 30.7. The summed E-state index contributed by atoms with van der Waals surface area (Å²) in [5, 5.41) is 0. The first-order chi connectivity index (χ1) is 8.59. The zero-order chi connectivity index (χ0) is 13.1. The molecule has 1 aromatic rings. The number of piperazine rings is 1. The lowest BCUT2D eigenvalue weighted by molar-refractivity contribution is -0.130. The second-order valence-electron chi connectivity index (χ2n) is 4.23. The Balaban J connectivity index is 2.04. The minimum absolute atomic E-state index is 0.0444. The Morgan fingerprint density at radius 1 is 1.22 bits per heavy atom. The summed E-state index contributed by atoms with van der Waals surface area (Å²) in [6.45, 7) is 3.75. The lowest BCUT2D eigenvalue weighted by Crippen LogP contribution is -2.50. The SMILES string of the molecule is CC(=O)N1CCN(C(=O)c2cccnc2N)CC1. The standard InChI is InChI=1S/C12H16N4O2/c1-9(17)15-5-7-16(8-6-15)12(18)10-3-2-4-14-11(10)13/h2-4H,5-8H2,1H3,(H2,13,14). The van der Waals surface area contributed by atoms with Gasteiger partial charge in [-0.15, -0.1) is 0 Å². The second-order valence-corrected chi connectivity index (χ2v) is 4.23. The van der Waals surface area contributed by atoms with E-state index in [0.717, 1.165) is 0 Å². The van der Waals surface area contributed by atoms with Gasteiger partial charge < -0.3 is 15.5 Å². The molecule has 0 saturated carbocycles. The Morgan fingerprint density at radius 2 is 1.83 bits per heavy atom. The summed E-state index contributed by atoms with van der Waals surface area (Å²) in [6, 6.07) is 3.36. The van der Waals surface area contributed by atoms with Crippen LogP contribution < -0.4 is 5.73 Å². The van der Waals surface area contributed by atoms with Crippen molar-refractivity contribution in [2.75, 3.05) is 31.9 Å². The highest BCUT2D eigenvalue weighted by atomic mass is 16.2. The molecule has 2 amide bonds. The minimum Gasteiger partial charge on any atom is -0.383 e. The van der Waals surface area contributed by atoms with Gasteiger partial charge in [0.25, 0.3) is 5.91 Å². The molecule has 0 radical (unpaired) electrons. The summed E-state index contributed by atoms with van der Waals surface area (Å²) >= 11 is 0. The number of nitrogens with zero attached hydrogens (tertiary/aromatic N) is 3. The lowest BCUT2D eigenvalue weighted by Gasteiger charge is -2.34. The van der Waals surface area contributed by atoms with Crippen LogP contribution in [0.15, 0.2) is 18.3 Å². The van der Waals surface area contributed by atoms with E-state index in [-0.39, 0.29) is 17.6 Å². The van der Waals surface area contributed by atoms with Crippen molar-refractivity contribution in [1.29, 1.82) is 0 Å². The number of amides is 2. The van der Waals surface area contributed by atoms with Gasteiger partial charge in [0.1, 0.15) is 5.82 Å². The van der Waals surface area contributed by atoms with Crippen LogP contribution in [0, 0.1) is 0 Å². The maximum atomic E-state index is 12.2. The molecule has 6 heteroatoms. The van der Waals surface area contributed by atoms with Gasteiger partial charge in [-0.3, -0.25) is 9.59 Å². The minimum atomic E-state index is -0.121. The largest absolute Gasteiger partial charge is 0.383 e. The first kappa shape index (κ1) is 12.3. The molecule has 1 aliphatic rings. The van der Waals surface area contributed by atoms with Gasteiger partial charge in [-0.05, 0) is 12.1 Å². The van der Waals surface area contributed by atoms with Crippen molar-refractivity contribution in [2.24, 2.45) is 0 Å². The highest BCUT2D eigenvalue weighted by molar-refractivity contribution is 5.98. The third kappa shape index (κ3) is 2.42. The Morgan fingerprint density at radius 3 is 2.39 bits per heavy atom. The van der Waals surface area contributed by atoms with Crippen molar-refractivity contribution in [1.82, 2.24) is 14.8 Å². The number of hydrogen-bond acceptors (Lipinski definition) is 4. The van der Waals surface area contributed by atoms with Gasteiger partial charge in [0, 0.05) is 39.3 Å². The van der Waals surface area contributed by atoms with Crippen molar-refractivity contribution in [3.63, 3.8) is 0 Å². The van der Waals surface area contributed by atoms with E-state index in [2.05, 4.69) is 4.98 Å². The molecule has 18 heavy (non-hydrogen) atoms. The predicted octanol–water partition coefficient (Wildman–Crippen LogP) is -0.0319. The quantitative estimate of drug-likeness (QED) is 0.756. The van der Waals surface area contributed by atoms with Crippen molar-refractivity contribution in [2.45, 2.75) is 6.92 Å². The third-order valence-corrected chi connectivity index (χ3v) is 3.08. The topological polar surface area (TPSA) is 79.5 Å². The maximum absolute atomic E-state index is 12.2. The molecule has 0 atom stereocenters. The molecule has 1 aliphatic heterocycles. The smallest absolute Gasteiger partial charge is 0.257 e. The van der Waals surface area contributed by atoms with Crippen LogP contribution in [0.3, 0.4) is 0 Å². The van der Waals surface area contributed by atoms with Crippen molar-refractivity contribution < 1.29 is 9.59 Å². The van der Waals surface area contributed by atoms with E-state index in [1.54, 1.807) is 28.1 Å². The van der Waals surface area contributed by atoms with Crippen LogP contribution in [-0.2, 0) is 4.79 Å². The number of aromatic nitrogens is 1. The van der Waals surface area contributed by atoms with Crippen molar-refractivity contribution in [3.05, 3.63) is 23.9 Å². The molecule has 1 saturated heterocycles. The maximum Gasteiger partial charge on any atom is 0.257 e. The fraction of sp³-hybridized carbons (Fsp3) is 0.417. The summed E-state index contributed by atoms with van der Waals surface area (Å²) in [7, 11) is 0. The highest BCUT2D eigenvalue weighted by Crippen LogP contribution is 2.12. The number of rotatable bonds is 1. The first-order valence-corrected chi connectivity index (χ1v) is 5.85. The molecule has 2 heterocycles. The van der Waals surface area contributed by atoms with E-state index in [9.17, 15) is 9.59 Å². The van der Waals surface area contributed by atoms with Crippen LogP contribution in [-0.4, -0.2) is 52.8 Å². The summed E-state index contributed by atoms with van der Waals surface area (Å²) < 4.78 is 0. The van der Waals surface area contributed by atoms with E-state index < -0.39 is 0 Å². The monoisotopic (exact) mass is 248 g/mol. The van der Waals surface area contributed by atoms with E-state index in [1.165, 1.54) is 6.92 Å². The van der Waals surface area contributed by atoms with Gasteiger partial charge in [0.15, 0.2) is 0 Å². The summed E-state index contributed by atoms with van der Waals surface area (Å²) in [5.74, 6) is 0.170. The predicted molar refractivity (Wildman–Crippen MR) is 66.8 cm³/mol. The Bertz CT molecular complexity index is 467.